The van der Waals surface area contributed by atoms with E-state index in [4.69, 9.17) is 0 Å². The maximum atomic E-state index is 10.7. The minimum atomic E-state index is 0.326. The van der Waals surface area contributed by atoms with Crippen LogP contribution in [0, 0.1) is 5.92 Å². The van der Waals surface area contributed by atoms with Crippen LogP contribution in [0.1, 0.15) is 66.2 Å². The van der Waals surface area contributed by atoms with E-state index in [0.29, 0.717) is 5.78 Å². The third kappa shape index (κ3) is 11.3. The standard InChI is InChI=1S/C14H26O/c1-12(2)8-7-10-13(3)9-5-6-11-14(4)15/h8,13H,5-7,9-11H2,1-4H3. The fourth-order valence-electron chi connectivity index (χ4n) is 1.67. The Hall–Kier alpha value is -0.590. The van der Waals surface area contributed by atoms with Crippen molar-refractivity contribution in [1.82, 2.24) is 0 Å². The van der Waals surface area contributed by atoms with E-state index < -0.39 is 0 Å². The molecular formula is C14H26O. The van der Waals surface area contributed by atoms with Crippen molar-refractivity contribution >= 4 is 5.78 Å². The normalized spacial score (nSPS) is 12.3. The summed E-state index contributed by atoms with van der Waals surface area (Å²) < 4.78 is 0. The lowest BCUT2D eigenvalue weighted by molar-refractivity contribution is -0.117. The highest BCUT2D eigenvalue weighted by molar-refractivity contribution is 5.75. The SMILES string of the molecule is CC(=O)CCCCC(C)CCC=C(C)C. The molecule has 0 spiro atoms. The molecule has 0 aliphatic rings. The second-order valence-electron chi connectivity index (χ2n) is 4.91. The number of hydrogen-bond donors (Lipinski definition) is 0. The van der Waals surface area contributed by atoms with Gasteiger partial charge in [0.15, 0.2) is 0 Å². The lowest BCUT2D eigenvalue weighted by Gasteiger charge is -2.09. The number of ketones is 1. The number of carbonyl (C=O) groups excluding carboxylic acids is 1. The minimum absolute atomic E-state index is 0.326. The fraction of sp³-hybridized carbons (Fsp3) is 0.786. The predicted molar refractivity (Wildman–Crippen MR) is 67.0 cm³/mol. The van der Waals surface area contributed by atoms with Crippen LogP contribution in [0.25, 0.3) is 0 Å². The molecule has 0 radical (unpaired) electrons. The maximum Gasteiger partial charge on any atom is 0.129 e. The average Bonchev–Trinajstić information content (AvgIpc) is 2.11. The van der Waals surface area contributed by atoms with Gasteiger partial charge < -0.3 is 4.79 Å². The molecule has 0 saturated carbocycles. The van der Waals surface area contributed by atoms with Crippen molar-refractivity contribution in [2.45, 2.75) is 66.2 Å². The van der Waals surface area contributed by atoms with Gasteiger partial charge in [0.05, 0.1) is 0 Å². The van der Waals surface area contributed by atoms with Gasteiger partial charge in [0.25, 0.3) is 0 Å². The smallest absolute Gasteiger partial charge is 0.129 e. The molecule has 1 nitrogen and oxygen atoms in total. The second-order valence-corrected chi connectivity index (χ2v) is 4.91. The van der Waals surface area contributed by atoms with Crippen LogP contribution in [0.4, 0.5) is 0 Å². The molecule has 0 bridgehead atoms. The Labute approximate surface area is 95.0 Å². The first-order valence-corrected chi connectivity index (χ1v) is 6.15. The van der Waals surface area contributed by atoms with Crippen molar-refractivity contribution in [2.75, 3.05) is 0 Å². The van der Waals surface area contributed by atoms with Crippen LogP contribution >= 0.6 is 0 Å². The molecule has 0 aliphatic carbocycles. The Kier molecular flexibility index (Phi) is 8.35. The molecule has 15 heavy (non-hydrogen) atoms. The molecule has 0 aromatic heterocycles. The van der Waals surface area contributed by atoms with Gasteiger partial charge in [-0.15, -0.1) is 0 Å². The summed E-state index contributed by atoms with van der Waals surface area (Å²) in [5.41, 5.74) is 1.42. The van der Waals surface area contributed by atoms with Crippen molar-refractivity contribution in [3.05, 3.63) is 11.6 Å². The Morgan fingerprint density at radius 1 is 1.13 bits per heavy atom. The van der Waals surface area contributed by atoms with Gasteiger partial charge in [0.1, 0.15) is 5.78 Å². The summed E-state index contributed by atoms with van der Waals surface area (Å²) in [4.78, 5) is 10.7. The van der Waals surface area contributed by atoms with E-state index in [1.165, 1.54) is 31.3 Å². The summed E-state index contributed by atoms with van der Waals surface area (Å²) >= 11 is 0. The zero-order valence-electron chi connectivity index (χ0n) is 10.8. The highest BCUT2D eigenvalue weighted by Gasteiger charge is 2.01. The molecule has 0 heterocycles. The zero-order chi connectivity index (χ0) is 11.7. The van der Waals surface area contributed by atoms with Gasteiger partial charge in [-0.3, -0.25) is 0 Å². The Morgan fingerprint density at radius 2 is 1.80 bits per heavy atom. The summed E-state index contributed by atoms with van der Waals surface area (Å²) in [6.45, 7) is 8.29. The summed E-state index contributed by atoms with van der Waals surface area (Å²) in [6, 6.07) is 0. The van der Waals surface area contributed by atoms with Crippen molar-refractivity contribution in [2.24, 2.45) is 5.92 Å². The first-order valence-electron chi connectivity index (χ1n) is 6.15. The Balaban J connectivity index is 3.37. The van der Waals surface area contributed by atoms with Crippen LogP contribution in [-0.4, -0.2) is 5.78 Å². The molecule has 0 fully saturated rings. The Bertz CT molecular complexity index is 199. The van der Waals surface area contributed by atoms with E-state index in [1.807, 2.05) is 0 Å². The lowest BCUT2D eigenvalue weighted by atomic mass is 9.97. The zero-order valence-corrected chi connectivity index (χ0v) is 10.8. The van der Waals surface area contributed by atoms with Gasteiger partial charge in [0.2, 0.25) is 0 Å². The first kappa shape index (κ1) is 14.4. The molecule has 1 unspecified atom stereocenters. The molecule has 1 atom stereocenters. The van der Waals surface area contributed by atoms with Crippen LogP contribution in [0.15, 0.2) is 11.6 Å². The van der Waals surface area contributed by atoms with Crippen LogP contribution in [-0.2, 0) is 4.79 Å². The number of rotatable bonds is 8. The molecule has 0 N–H and O–H groups in total. The highest BCUT2D eigenvalue weighted by Crippen LogP contribution is 2.15. The van der Waals surface area contributed by atoms with Crippen molar-refractivity contribution in [3.8, 4) is 0 Å². The van der Waals surface area contributed by atoms with E-state index in [-0.39, 0.29) is 0 Å². The average molecular weight is 210 g/mol. The van der Waals surface area contributed by atoms with Gasteiger partial charge in [-0.1, -0.05) is 31.4 Å². The number of Topliss-reactive ketones (excluding diaryl/α,β-unsaturated/α-hetero) is 1. The van der Waals surface area contributed by atoms with Crippen LogP contribution in [0.5, 0.6) is 0 Å². The van der Waals surface area contributed by atoms with Crippen molar-refractivity contribution in [1.29, 1.82) is 0 Å². The van der Waals surface area contributed by atoms with E-state index in [2.05, 4.69) is 26.8 Å². The second kappa shape index (κ2) is 8.70. The van der Waals surface area contributed by atoms with Gasteiger partial charge in [-0.05, 0) is 46.0 Å². The summed E-state index contributed by atoms with van der Waals surface area (Å²) in [7, 11) is 0. The van der Waals surface area contributed by atoms with Gasteiger partial charge in [0, 0.05) is 6.42 Å². The third-order valence-corrected chi connectivity index (χ3v) is 2.69. The quantitative estimate of drug-likeness (QED) is 0.425. The maximum absolute atomic E-state index is 10.7. The number of unbranched alkanes of at least 4 members (excludes halogenated alkanes) is 1. The van der Waals surface area contributed by atoms with Gasteiger partial charge in [-0.25, -0.2) is 0 Å². The molecule has 0 aromatic carbocycles. The molecule has 88 valence electrons. The van der Waals surface area contributed by atoms with Crippen LogP contribution < -0.4 is 0 Å². The topological polar surface area (TPSA) is 17.1 Å². The van der Waals surface area contributed by atoms with E-state index in [9.17, 15) is 4.79 Å². The summed E-state index contributed by atoms with van der Waals surface area (Å²) in [6.07, 6.45) is 9.11. The molecule has 1 heteroatoms. The Morgan fingerprint density at radius 3 is 2.33 bits per heavy atom. The van der Waals surface area contributed by atoms with Gasteiger partial charge >= 0.3 is 0 Å². The van der Waals surface area contributed by atoms with Crippen molar-refractivity contribution < 1.29 is 4.79 Å². The number of hydrogen-bond acceptors (Lipinski definition) is 1. The third-order valence-electron chi connectivity index (χ3n) is 2.69. The van der Waals surface area contributed by atoms with E-state index in [0.717, 1.165) is 18.8 Å². The summed E-state index contributed by atoms with van der Waals surface area (Å²) in [5, 5.41) is 0. The first-order chi connectivity index (χ1) is 7.02. The van der Waals surface area contributed by atoms with E-state index in [1.54, 1.807) is 6.92 Å². The predicted octanol–water partition coefficient (Wildman–Crippen LogP) is 4.52. The van der Waals surface area contributed by atoms with Crippen molar-refractivity contribution in [3.63, 3.8) is 0 Å². The highest BCUT2D eigenvalue weighted by atomic mass is 16.1. The van der Waals surface area contributed by atoms with Crippen LogP contribution in [0.2, 0.25) is 0 Å². The van der Waals surface area contributed by atoms with Gasteiger partial charge in [-0.2, -0.15) is 0 Å². The number of allylic oxidation sites excluding steroid dienone is 2. The number of carbonyl (C=O) groups is 1. The fourth-order valence-corrected chi connectivity index (χ4v) is 1.67. The molecule has 0 saturated heterocycles. The molecule has 0 aliphatic heterocycles. The lowest BCUT2D eigenvalue weighted by Crippen LogP contribution is -1.96. The monoisotopic (exact) mass is 210 g/mol. The summed E-state index contributed by atoms with van der Waals surface area (Å²) in [5.74, 6) is 1.12. The largest absolute Gasteiger partial charge is 0.300 e. The molecular weight excluding hydrogens is 184 g/mol. The molecule has 0 rings (SSSR count). The minimum Gasteiger partial charge on any atom is -0.300 e. The van der Waals surface area contributed by atoms with Crippen LogP contribution in [0.3, 0.4) is 0 Å². The molecule has 0 aromatic rings. The van der Waals surface area contributed by atoms with E-state index >= 15 is 0 Å². The molecule has 0 amide bonds.